The molecule has 0 aliphatic rings. The van der Waals surface area contributed by atoms with Crippen molar-refractivity contribution in [2.75, 3.05) is 5.32 Å². The van der Waals surface area contributed by atoms with Crippen LogP contribution in [-0.4, -0.2) is 20.6 Å². The summed E-state index contributed by atoms with van der Waals surface area (Å²) in [6.45, 7) is 2.23. The number of hydrogen-bond donors (Lipinski definition) is 1. The van der Waals surface area contributed by atoms with E-state index in [9.17, 15) is 28.1 Å². The summed E-state index contributed by atoms with van der Waals surface area (Å²) in [4.78, 5) is 23.0. The van der Waals surface area contributed by atoms with E-state index in [1.807, 2.05) is 0 Å². The zero-order valence-electron chi connectivity index (χ0n) is 15.5. The van der Waals surface area contributed by atoms with E-state index in [0.717, 1.165) is 30.3 Å². The van der Waals surface area contributed by atoms with Crippen LogP contribution < -0.4 is 10.1 Å². The summed E-state index contributed by atoms with van der Waals surface area (Å²) >= 11 is 0. The summed E-state index contributed by atoms with van der Waals surface area (Å²) in [5.41, 5.74) is -1.05. The Morgan fingerprint density at radius 1 is 1.20 bits per heavy atom. The van der Waals surface area contributed by atoms with E-state index < -0.39 is 28.3 Å². The molecule has 1 N–H and O–H groups in total. The molecule has 1 aromatic heterocycles. The topological polar surface area (TPSA) is 99.3 Å². The van der Waals surface area contributed by atoms with Crippen molar-refractivity contribution in [2.45, 2.75) is 19.6 Å². The molecular formula is C19H15F3N4O4. The molecule has 0 fully saturated rings. The minimum Gasteiger partial charge on any atom is -0.457 e. The zero-order valence-corrected chi connectivity index (χ0v) is 15.5. The Balaban J connectivity index is 1.90. The summed E-state index contributed by atoms with van der Waals surface area (Å²) in [6, 6.07) is 9.01. The molecule has 3 aromatic rings. The third-order valence-corrected chi connectivity index (χ3v) is 4.01. The first-order chi connectivity index (χ1) is 14.2. The maximum atomic E-state index is 12.9. The number of carbonyl (C=O) groups excluding carboxylic acids is 1. The Morgan fingerprint density at radius 3 is 2.63 bits per heavy atom. The molecule has 11 heteroatoms. The predicted octanol–water partition coefficient (Wildman–Crippen LogP) is 4.87. The first-order valence-corrected chi connectivity index (χ1v) is 8.65. The maximum Gasteiger partial charge on any atom is 0.416 e. The summed E-state index contributed by atoms with van der Waals surface area (Å²) in [5, 5.41) is 17.7. The number of carbonyl (C=O) groups is 1. The lowest BCUT2D eigenvalue weighted by atomic mass is 10.2. The van der Waals surface area contributed by atoms with Crippen LogP contribution in [0, 0.1) is 10.1 Å². The normalized spacial score (nSPS) is 11.2. The number of alkyl halides is 3. The molecule has 0 aliphatic heterocycles. The standard InChI is InChI=1S/C19H15F3N4O4/c1-2-25-17(6-7-23-25)18(27)24-13-9-14(26(28)29)11-16(10-13)30-15-5-3-4-12(8-15)19(20,21)22/h3-11H,2H2,1H3,(H,24,27). The Labute approximate surface area is 168 Å². The Hall–Kier alpha value is -3.89. The van der Waals surface area contributed by atoms with Crippen LogP contribution in [0.2, 0.25) is 0 Å². The number of halogens is 3. The Kier molecular flexibility index (Phi) is 5.72. The fraction of sp³-hybridized carbons (Fsp3) is 0.158. The minimum absolute atomic E-state index is 0.0417. The Morgan fingerprint density at radius 2 is 1.97 bits per heavy atom. The fourth-order valence-corrected chi connectivity index (χ4v) is 2.66. The van der Waals surface area contributed by atoms with Crippen molar-refractivity contribution >= 4 is 17.3 Å². The number of aromatic nitrogens is 2. The number of nitrogens with one attached hydrogen (secondary N) is 1. The number of hydrogen-bond acceptors (Lipinski definition) is 5. The molecule has 2 aromatic carbocycles. The van der Waals surface area contributed by atoms with Gasteiger partial charge in [0.15, 0.2) is 0 Å². The third-order valence-electron chi connectivity index (χ3n) is 4.01. The van der Waals surface area contributed by atoms with Crippen LogP contribution in [-0.2, 0) is 12.7 Å². The molecule has 0 radical (unpaired) electrons. The smallest absolute Gasteiger partial charge is 0.416 e. The number of aryl methyl sites for hydroxylation is 1. The number of ether oxygens (including phenoxy) is 1. The lowest BCUT2D eigenvalue weighted by Gasteiger charge is -2.12. The summed E-state index contributed by atoms with van der Waals surface area (Å²) < 4.78 is 45.5. The van der Waals surface area contributed by atoms with Crippen LogP contribution in [0.4, 0.5) is 24.5 Å². The maximum absolute atomic E-state index is 12.9. The SMILES string of the molecule is CCn1nccc1C(=O)Nc1cc(Oc2cccc(C(F)(F)F)c2)cc([N+](=O)[O-])c1. The molecule has 1 heterocycles. The number of benzene rings is 2. The second-order valence-corrected chi connectivity index (χ2v) is 6.09. The first-order valence-electron chi connectivity index (χ1n) is 8.65. The van der Waals surface area contributed by atoms with Crippen molar-refractivity contribution in [2.24, 2.45) is 0 Å². The van der Waals surface area contributed by atoms with E-state index >= 15 is 0 Å². The van der Waals surface area contributed by atoms with Crippen LogP contribution in [0.5, 0.6) is 11.5 Å². The van der Waals surface area contributed by atoms with Crippen LogP contribution in [0.3, 0.4) is 0 Å². The first kappa shape index (κ1) is 20.8. The van der Waals surface area contributed by atoms with E-state index in [0.29, 0.717) is 6.54 Å². The molecule has 0 spiro atoms. The van der Waals surface area contributed by atoms with Crippen molar-refractivity contribution in [3.63, 3.8) is 0 Å². The quantitative estimate of drug-likeness (QED) is 0.453. The lowest BCUT2D eigenvalue weighted by Crippen LogP contribution is -2.17. The van der Waals surface area contributed by atoms with Crippen LogP contribution in [0.25, 0.3) is 0 Å². The number of nitrogens with zero attached hydrogens (tertiary/aromatic N) is 3. The van der Waals surface area contributed by atoms with Crippen LogP contribution >= 0.6 is 0 Å². The number of non-ortho nitro benzene ring substituents is 1. The minimum atomic E-state index is -4.57. The van der Waals surface area contributed by atoms with E-state index in [4.69, 9.17) is 4.74 Å². The third kappa shape index (κ3) is 4.74. The summed E-state index contributed by atoms with van der Waals surface area (Å²) in [7, 11) is 0. The lowest BCUT2D eigenvalue weighted by molar-refractivity contribution is -0.384. The van der Waals surface area contributed by atoms with Crippen molar-refractivity contribution in [3.05, 3.63) is 76.1 Å². The molecular weight excluding hydrogens is 405 g/mol. The predicted molar refractivity (Wildman–Crippen MR) is 100 cm³/mol. The van der Waals surface area contributed by atoms with E-state index in [-0.39, 0.29) is 22.9 Å². The molecule has 0 bridgehead atoms. The molecule has 0 unspecified atom stereocenters. The average molecular weight is 420 g/mol. The summed E-state index contributed by atoms with van der Waals surface area (Å²) in [5.74, 6) is -0.825. The van der Waals surface area contributed by atoms with Gasteiger partial charge in [-0.1, -0.05) is 6.07 Å². The molecule has 0 saturated heterocycles. The molecule has 1 amide bonds. The fourth-order valence-electron chi connectivity index (χ4n) is 2.66. The number of rotatable bonds is 6. The second kappa shape index (κ2) is 8.23. The van der Waals surface area contributed by atoms with E-state index in [1.54, 1.807) is 6.92 Å². The van der Waals surface area contributed by atoms with Gasteiger partial charge in [0.05, 0.1) is 22.2 Å². The number of nitro benzene ring substituents is 1. The van der Waals surface area contributed by atoms with Crippen LogP contribution in [0.1, 0.15) is 23.0 Å². The van der Waals surface area contributed by atoms with Gasteiger partial charge < -0.3 is 10.1 Å². The van der Waals surface area contributed by atoms with Crippen LogP contribution in [0.15, 0.2) is 54.7 Å². The van der Waals surface area contributed by atoms with Crippen molar-refractivity contribution in [3.8, 4) is 11.5 Å². The number of anilines is 1. The molecule has 8 nitrogen and oxygen atoms in total. The Bertz CT molecular complexity index is 1100. The molecule has 0 saturated carbocycles. The monoisotopic (exact) mass is 420 g/mol. The van der Waals surface area contributed by atoms with Gasteiger partial charge >= 0.3 is 6.18 Å². The molecule has 156 valence electrons. The second-order valence-electron chi connectivity index (χ2n) is 6.09. The van der Waals surface area contributed by atoms with Gasteiger partial charge in [0.2, 0.25) is 0 Å². The van der Waals surface area contributed by atoms with E-state index in [1.165, 1.54) is 29.1 Å². The van der Waals surface area contributed by atoms with Gasteiger partial charge in [-0.3, -0.25) is 19.6 Å². The summed E-state index contributed by atoms with van der Waals surface area (Å²) in [6.07, 6.45) is -3.13. The van der Waals surface area contributed by atoms with Crippen molar-refractivity contribution in [1.82, 2.24) is 9.78 Å². The number of amides is 1. The highest BCUT2D eigenvalue weighted by atomic mass is 19.4. The van der Waals surface area contributed by atoms with Gasteiger partial charge in [0.25, 0.3) is 11.6 Å². The van der Waals surface area contributed by atoms with Crippen molar-refractivity contribution < 1.29 is 27.6 Å². The molecule has 0 atom stereocenters. The van der Waals surface area contributed by atoms with Gasteiger partial charge in [0.1, 0.15) is 17.2 Å². The van der Waals surface area contributed by atoms with Gasteiger partial charge in [-0.05, 0) is 31.2 Å². The molecule has 30 heavy (non-hydrogen) atoms. The highest BCUT2D eigenvalue weighted by Gasteiger charge is 2.30. The van der Waals surface area contributed by atoms with Gasteiger partial charge in [-0.25, -0.2) is 0 Å². The number of nitro groups is 1. The largest absolute Gasteiger partial charge is 0.457 e. The zero-order chi connectivity index (χ0) is 21.9. The van der Waals surface area contributed by atoms with Gasteiger partial charge in [0, 0.05) is 24.9 Å². The highest BCUT2D eigenvalue weighted by molar-refractivity contribution is 6.03. The molecule has 0 aliphatic carbocycles. The van der Waals surface area contributed by atoms with Crippen molar-refractivity contribution in [1.29, 1.82) is 0 Å². The van der Waals surface area contributed by atoms with Gasteiger partial charge in [-0.2, -0.15) is 18.3 Å². The van der Waals surface area contributed by atoms with Gasteiger partial charge in [-0.15, -0.1) is 0 Å². The average Bonchev–Trinajstić information content (AvgIpc) is 3.16. The highest BCUT2D eigenvalue weighted by Crippen LogP contribution is 2.34. The molecule has 3 rings (SSSR count). The van der Waals surface area contributed by atoms with E-state index in [2.05, 4.69) is 10.4 Å².